The summed E-state index contributed by atoms with van der Waals surface area (Å²) in [6.45, 7) is 7.12. The molecule has 0 atom stereocenters. The molecule has 0 aromatic carbocycles. The van der Waals surface area contributed by atoms with Gasteiger partial charge >= 0.3 is 0 Å². The van der Waals surface area contributed by atoms with Crippen LogP contribution in [0.15, 0.2) is 30.6 Å². The Labute approximate surface area is 74.8 Å². The summed E-state index contributed by atoms with van der Waals surface area (Å²) in [6.07, 6.45) is 3.50. The van der Waals surface area contributed by atoms with Gasteiger partial charge in [-0.2, -0.15) is 0 Å². The SMILES string of the molecule is CC(C)(C)CN.c1ccncc1. The van der Waals surface area contributed by atoms with E-state index in [1.165, 1.54) is 0 Å². The first-order chi connectivity index (χ1) is 5.56. The van der Waals surface area contributed by atoms with Crippen LogP contribution in [0.4, 0.5) is 0 Å². The van der Waals surface area contributed by atoms with Crippen molar-refractivity contribution < 1.29 is 0 Å². The molecular formula is C10H18N2. The Morgan fingerprint density at radius 2 is 1.50 bits per heavy atom. The molecule has 0 aliphatic heterocycles. The fourth-order valence-corrected chi connectivity index (χ4v) is 0.313. The van der Waals surface area contributed by atoms with Crippen molar-refractivity contribution >= 4 is 0 Å². The molecule has 0 spiro atoms. The summed E-state index contributed by atoms with van der Waals surface area (Å²) >= 11 is 0. The summed E-state index contributed by atoms with van der Waals surface area (Å²) in [6, 6.07) is 5.72. The Hall–Kier alpha value is -0.890. The molecule has 2 nitrogen and oxygen atoms in total. The molecule has 1 aromatic heterocycles. The van der Waals surface area contributed by atoms with Crippen LogP contribution in [0.2, 0.25) is 0 Å². The molecule has 0 unspecified atom stereocenters. The molecule has 68 valence electrons. The molecule has 1 rings (SSSR count). The standard InChI is InChI=1S/C5H5N.C5H13N/c1-2-4-6-5-3-1;1-5(2,3)4-6/h1-5H;4,6H2,1-3H3. The Balaban J connectivity index is 0.000000202. The third-order valence-electron chi connectivity index (χ3n) is 1.18. The lowest BCUT2D eigenvalue weighted by Crippen LogP contribution is -2.18. The van der Waals surface area contributed by atoms with Crippen LogP contribution in [-0.4, -0.2) is 11.5 Å². The van der Waals surface area contributed by atoms with Gasteiger partial charge in [0.1, 0.15) is 0 Å². The predicted octanol–water partition coefficient (Wildman–Crippen LogP) is 2.07. The van der Waals surface area contributed by atoms with E-state index in [4.69, 9.17) is 5.73 Å². The van der Waals surface area contributed by atoms with Crippen LogP contribution in [0.5, 0.6) is 0 Å². The van der Waals surface area contributed by atoms with Crippen LogP contribution in [0.1, 0.15) is 20.8 Å². The van der Waals surface area contributed by atoms with Gasteiger partial charge in [0.05, 0.1) is 0 Å². The van der Waals surface area contributed by atoms with E-state index >= 15 is 0 Å². The lowest BCUT2D eigenvalue weighted by Gasteiger charge is -2.12. The number of hydrogen-bond acceptors (Lipinski definition) is 2. The Morgan fingerprint density at radius 1 is 1.08 bits per heavy atom. The Morgan fingerprint density at radius 3 is 1.58 bits per heavy atom. The highest BCUT2D eigenvalue weighted by molar-refractivity contribution is 4.88. The molecule has 1 aromatic rings. The van der Waals surface area contributed by atoms with Gasteiger partial charge in [0.25, 0.3) is 0 Å². The zero-order valence-electron chi connectivity index (χ0n) is 8.12. The average molecular weight is 166 g/mol. The van der Waals surface area contributed by atoms with Gasteiger partial charge in [-0.1, -0.05) is 26.8 Å². The molecule has 0 bridgehead atoms. The van der Waals surface area contributed by atoms with Crippen LogP contribution in [0.3, 0.4) is 0 Å². The molecule has 0 amide bonds. The zero-order valence-corrected chi connectivity index (χ0v) is 8.12. The summed E-state index contributed by atoms with van der Waals surface area (Å²) in [5, 5.41) is 0. The highest BCUT2D eigenvalue weighted by atomic mass is 14.6. The topological polar surface area (TPSA) is 38.9 Å². The van der Waals surface area contributed by atoms with E-state index in [9.17, 15) is 0 Å². The van der Waals surface area contributed by atoms with Crippen LogP contribution < -0.4 is 5.73 Å². The summed E-state index contributed by atoms with van der Waals surface area (Å²) in [7, 11) is 0. The van der Waals surface area contributed by atoms with E-state index < -0.39 is 0 Å². The maximum absolute atomic E-state index is 5.31. The van der Waals surface area contributed by atoms with Crippen molar-refractivity contribution in [1.82, 2.24) is 4.98 Å². The van der Waals surface area contributed by atoms with Gasteiger partial charge in [-0.05, 0) is 24.1 Å². The summed E-state index contributed by atoms with van der Waals surface area (Å²) < 4.78 is 0. The monoisotopic (exact) mass is 166 g/mol. The quantitative estimate of drug-likeness (QED) is 0.641. The molecule has 0 aliphatic rings. The van der Waals surface area contributed by atoms with E-state index in [2.05, 4.69) is 25.8 Å². The lowest BCUT2D eigenvalue weighted by molar-refractivity contribution is 0.428. The number of aromatic nitrogens is 1. The van der Waals surface area contributed by atoms with Gasteiger partial charge in [0.2, 0.25) is 0 Å². The van der Waals surface area contributed by atoms with Gasteiger partial charge in [-0.25, -0.2) is 0 Å². The molecular weight excluding hydrogens is 148 g/mol. The molecule has 2 N–H and O–H groups in total. The van der Waals surface area contributed by atoms with Gasteiger partial charge < -0.3 is 5.73 Å². The second-order valence-corrected chi connectivity index (χ2v) is 3.79. The van der Waals surface area contributed by atoms with Crippen LogP contribution >= 0.6 is 0 Å². The zero-order chi connectivity index (χ0) is 9.45. The van der Waals surface area contributed by atoms with Crippen molar-refractivity contribution in [2.75, 3.05) is 6.54 Å². The summed E-state index contributed by atoms with van der Waals surface area (Å²) in [5.41, 5.74) is 5.62. The molecule has 0 saturated heterocycles. The third kappa shape index (κ3) is 9.11. The highest BCUT2D eigenvalue weighted by Crippen LogP contribution is 2.07. The van der Waals surface area contributed by atoms with Crippen LogP contribution in [0.25, 0.3) is 0 Å². The first-order valence-corrected chi connectivity index (χ1v) is 4.11. The second kappa shape index (κ2) is 5.72. The Kier molecular flexibility index (Phi) is 5.30. The maximum atomic E-state index is 5.31. The summed E-state index contributed by atoms with van der Waals surface area (Å²) in [4.78, 5) is 3.78. The van der Waals surface area contributed by atoms with Crippen molar-refractivity contribution in [3.05, 3.63) is 30.6 Å². The summed E-state index contributed by atoms with van der Waals surface area (Å²) in [5.74, 6) is 0. The number of nitrogens with zero attached hydrogens (tertiary/aromatic N) is 1. The van der Waals surface area contributed by atoms with Gasteiger partial charge in [-0.3, -0.25) is 4.98 Å². The number of pyridine rings is 1. The molecule has 12 heavy (non-hydrogen) atoms. The highest BCUT2D eigenvalue weighted by Gasteiger charge is 2.03. The van der Waals surface area contributed by atoms with E-state index in [0.717, 1.165) is 6.54 Å². The normalized spacial score (nSPS) is 10.0. The Bertz CT molecular complexity index is 150. The third-order valence-corrected chi connectivity index (χ3v) is 1.18. The first kappa shape index (κ1) is 11.1. The van der Waals surface area contributed by atoms with Gasteiger partial charge in [0, 0.05) is 12.4 Å². The number of hydrogen-bond donors (Lipinski definition) is 1. The van der Waals surface area contributed by atoms with Crippen molar-refractivity contribution in [1.29, 1.82) is 0 Å². The minimum Gasteiger partial charge on any atom is -0.330 e. The van der Waals surface area contributed by atoms with Crippen molar-refractivity contribution in [3.63, 3.8) is 0 Å². The number of nitrogens with two attached hydrogens (primary N) is 1. The van der Waals surface area contributed by atoms with E-state index in [1.807, 2.05) is 18.2 Å². The van der Waals surface area contributed by atoms with E-state index in [-0.39, 0.29) is 0 Å². The maximum Gasteiger partial charge on any atom is 0.0267 e. The molecule has 0 aliphatic carbocycles. The smallest absolute Gasteiger partial charge is 0.0267 e. The fraction of sp³-hybridized carbons (Fsp3) is 0.500. The fourth-order valence-electron chi connectivity index (χ4n) is 0.313. The van der Waals surface area contributed by atoms with Crippen molar-refractivity contribution in [2.45, 2.75) is 20.8 Å². The minimum atomic E-state index is 0.319. The largest absolute Gasteiger partial charge is 0.330 e. The minimum absolute atomic E-state index is 0.319. The molecule has 2 heteroatoms. The van der Waals surface area contributed by atoms with Crippen LogP contribution in [-0.2, 0) is 0 Å². The molecule has 0 saturated carbocycles. The van der Waals surface area contributed by atoms with Crippen molar-refractivity contribution in [3.8, 4) is 0 Å². The predicted molar refractivity (Wildman–Crippen MR) is 52.7 cm³/mol. The average Bonchev–Trinajstić information content (AvgIpc) is 2.07. The van der Waals surface area contributed by atoms with Gasteiger partial charge in [-0.15, -0.1) is 0 Å². The molecule has 1 heterocycles. The van der Waals surface area contributed by atoms with Crippen molar-refractivity contribution in [2.24, 2.45) is 11.1 Å². The lowest BCUT2D eigenvalue weighted by atomic mass is 9.98. The van der Waals surface area contributed by atoms with E-state index in [1.54, 1.807) is 12.4 Å². The first-order valence-electron chi connectivity index (χ1n) is 4.11. The van der Waals surface area contributed by atoms with Gasteiger partial charge in [0.15, 0.2) is 0 Å². The molecule has 0 radical (unpaired) electrons. The second-order valence-electron chi connectivity index (χ2n) is 3.79. The van der Waals surface area contributed by atoms with Crippen LogP contribution in [0, 0.1) is 5.41 Å². The number of rotatable bonds is 0. The molecule has 0 fully saturated rings. The van der Waals surface area contributed by atoms with E-state index in [0.29, 0.717) is 5.41 Å².